The first-order valence-corrected chi connectivity index (χ1v) is 10.7. The molecule has 0 unspecified atom stereocenters. The van der Waals surface area contributed by atoms with Crippen molar-refractivity contribution in [2.24, 2.45) is 11.8 Å². The number of esters is 1. The largest absolute Gasteiger partial charge is 0.486 e. The van der Waals surface area contributed by atoms with Crippen LogP contribution in [0.2, 0.25) is 0 Å². The van der Waals surface area contributed by atoms with Gasteiger partial charge < -0.3 is 14.2 Å². The third-order valence-corrected chi connectivity index (χ3v) is 7.48. The molecule has 0 spiro atoms. The standard InChI is InChI=1S/C19H23BrO4S/c1-19(2)13-7-11-9-25-5-4-15(11)23-16(13)12-6-10(18(21)22-3)8-14(20)17(12)24-19/h6,8,11,13,15-16H,4-5,7,9H2,1-3H3/t11-,13+,15+,16-/m1/s1. The second-order valence-corrected chi connectivity index (χ2v) is 9.64. The van der Waals surface area contributed by atoms with Gasteiger partial charge >= 0.3 is 5.97 Å². The van der Waals surface area contributed by atoms with Gasteiger partial charge in [-0.1, -0.05) is 0 Å². The van der Waals surface area contributed by atoms with Crippen molar-refractivity contribution in [1.82, 2.24) is 0 Å². The molecule has 2 saturated heterocycles. The first-order chi connectivity index (χ1) is 11.9. The van der Waals surface area contributed by atoms with Gasteiger partial charge in [0.1, 0.15) is 11.4 Å². The number of thioether (sulfide) groups is 1. The molecule has 2 fully saturated rings. The van der Waals surface area contributed by atoms with Crippen molar-refractivity contribution in [1.29, 1.82) is 0 Å². The molecule has 6 heteroatoms. The molecule has 4 atom stereocenters. The molecule has 0 radical (unpaired) electrons. The molecule has 1 aromatic rings. The topological polar surface area (TPSA) is 44.8 Å². The number of hydrogen-bond donors (Lipinski definition) is 0. The lowest BCUT2D eigenvalue weighted by Crippen LogP contribution is -2.52. The highest BCUT2D eigenvalue weighted by molar-refractivity contribution is 9.10. The van der Waals surface area contributed by atoms with Crippen molar-refractivity contribution < 1.29 is 19.0 Å². The zero-order valence-corrected chi connectivity index (χ0v) is 17.1. The predicted octanol–water partition coefficient (Wildman–Crippen LogP) is 4.61. The van der Waals surface area contributed by atoms with Gasteiger partial charge in [0.15, 0.2) is 0 Å². The lowest BCUT2D eigenvalue weighted by atomic mass is 9.71. The van der Waals surface area contributed by atoms with Crippen molar-refractivity contribution in [3.8, 4) is 5.75 Å². The van der Waals surface area contributed by atoms with Crippen LogP contribution in [0.3, 0.4) is 0 Å². The van der Waals surface area contributed by atoms with E-state index in [4.69, 9.17) is 14.2 Å². The number of methoxy groups -OCH3 is 1. The summed E-state index contributed by atoms with van der Waals surface area (Å²) >= 11 is 5.60. The molecule has 0 bridgehead atoms. The predicted molar refractivity (Wildman–Crippen MR) is 101 cm³/mol. The van der Waals surface area contributed by atoms with Gasteiger partial charge in [-0.15, -0.1) is 0 Å². The fraction of sp³-hybridized carbons (Fsp3) is 0.632. The zero-order valence-electron chi connectivity index (χ0n) is 14.7. The van der Waals surface area contributed by atoms with Gasteiger partial charge in [-0.05, 0) is 72.2 Å². The summed E-state index contributed by atoms with van der Waals surface area (Å²) in [5, 5.41) is 0. The molecule has 0 amide bonds. The third kappa shape index (κ3) is 3.00. The first kappa shape index (κ1) is 17.7. The van der Waals surface area contributed by atoms with Crippen LogP contribution in [-0.2, 0) is 9.47 Å². The number of carbonyl (C=O) groups is 1. The van der Waals surface area contributed by atoms with Crippen LogP contribution in [-0.4, -0.2) is 36.3 Å². The molecular formula is C19H23BrO4S. The molecule has 3 heterocycles. The van der Waals surface area contributed by atoms with Crippen LogP contribution in [0.1, 0.15) is 48.7 Å². The number of rotatable bonds is 1. The zero-order chi connectivity index (χ0) is 17.8. The van der Waals surface area contributed by atoms with E-state index in [1.54, 1.807) is 6.07 Å². The average Bonchev–Trinajstić information content (AvgIpc) is 2.60. The van der Waals surface area contributed by atoms with Crippen molar-refractivity contribution in [2.75, 3.05) is 18.6 Å². The number of carbonyl (C=O) groups excluding carboxylic acids is 1. The Labute approximate surface area is 161 Å². The minimum Gasteiger partial charge on any atom is -0.486 e. The highest BCUT2D eigenvalue weighted by Gasteiger charge is 2.51. The molecule has 1 aromatic carbocycles. The molecule has 4 rings (SSSR count). The maximum absolute atomic E-state index is 12.0. The Bertz CT molecular complexity index is 705. The van der Waals surface area contributed by atoms with Gasteiger partial charge in [0.2, 0.25) is 0 Å². The van der Waals surface area contributed by atoms with Gasteiger partial charge in [-0.2, -0.15) is 11.8 Å². The molecule has 4 nitrogen and oxygen atoms in total. The van der Waals surface area contributed by atoms with Crippen molar-refractivity contribution in [3.63, 3.8) is 0 Å². The SMILES string of the molecule is COC(=O)c1cc(Br)c2c(c1)[C@H]1O[C@H]3CCSC[C@H]3C[C@@H]1C(C)(C)O2. The smallest absolute Gasteiger partial charge is 0.337 e. The molecule has 0 saturated carbocycles. The van der Waals surface area contributed by atoms with Crippen molar-refractivity contribution in [3.05, 3.63) is 27.7 Å². The van der Waals surface area contributed by atoms with E-state index in [-0.39, 0.29) is 23.6 Å². The molecule has 0 aromatic heterocycles. The second kappa shape index (κ2) is 6.46. The van der Waals surface area contributed by atoms with E-state index in [0.29, 0.717) is 17.6 Å². The van der Waals surface area contributed by atoms with Crippen molar-refractivity contribution in [2.45, 2.75) is 44.5 Å². The summed E-state index contributed by atoms with van der Waals surface area (Å²) < 4.78 is 18.7. The summed E-state index contributed by atoms with van der Waals surface area (Å²) in [6.45, 7) is 4.29. The lowest BCUT2D eigenvalue weighted by molar-refractivity contribution is -0.170. The number of fused-ring (bicyclic) bond motifs is 4. The van der Waals surface area contributed by atoms with Gasteiger partial charge in [-0.3, -0.25) is 0 Å². The van der Waals surface area contributed by atoms with Crippen LogP contribution in [0.15, 0.2) is 16.6 Å². The van der Waals surface area contributed by atoms with Gasteiger partial charge in [0, 0.05) is 11.5 Å². The Kier molecular flexibility index (Phi) is 4.57. The maximum atomic E-state index is 12.0. The van der Waals surface area contributed by atoms with E-state index < -0.39 is 0 Å². The summed E-state index contributed by atoms with van der Waals surface area (Å²) in [5.74, 6) is 3.66. The van der Waals surface area contributed by atoms with Crippen LogP contribution in [0.4, 0.5) is 0 Å². The first-order valence-electron chi connectivity index (χ1n) is 8.74. The molecule has 3 aliphatic rings. The van der Waals surface area contributed by atoms with E-state index in [1.807, 2.05) is 17.8 Å². The lowest BCUT2D eigenvalue weighted by Gasteiger charge is -2.52. The molecule has 3 aliphatic heterocycles. The number of ether oxygens (including phenoxy) is 3. The van der Waals surface area contributed by atoms with Crippen LogP contribution < -0.4 is 4.74 Å². The Morgan fingerprint density at radius 1 is 1.40 bits per heavy atom. The van der Waals surface area contributed by atoms with Crippen LogP contribution in [0, 0.1) is 11.8 Å². The molecule has 0 aliphatic carbocycles. The van der Waals surface area contributed by atoms with E-state index >= 15 is 0 Å². The highest BCUT2D eigenvalue weighted by atomic mass is 79.9. The Hall–Kier alpha value is -0.720. The van der Waals surface area contributed by atoms with Gasteiger partial charge in [0.05, 0.1) is 29.4 Å². The van der Waals surface area contributed by atoms with E-state index in [1.165, 1.54) is 12.9 Å². The van der Waals surface area contributed by atoms with Crippen LogP contribution in [0.25, 0.3) is 0 Å². The number of benzene rings is 1. The minimum atomic E-state index is -0.340. The highest BCUT2D eigenvalue weighted by Crippen LogP contribution is 2.55. The summed E-state index contributed by atoms with van der Waals surface area (Å²) in [6.07, 6.45) is 2.48. The van der Waals surface area contributed by atoms with E-state index in [9.17, 15) is 4.79 Å². The fourth-order valence-electron chi connectivity index (χ4n) is 4.36. The fourth-order valence-corrected chi connectivity index (χ4v) is 6.13. The summed E-state index contributed by atoms with van der Waals surface area (Å²) in [6, 6.07) is 3.65. The van der Waals surface area contributed by atoms with E-state index in [2.05, 4.69) is 29.8 Å². The minimum absolute atomic E-state index is 0.0380. The van der Waals surface area contributed by atoms with Crippen LogP contribution >= 0.6 is 27.7 Å². The van der Waals surface area contributed by atoms with Crippen LogP contribution in [0.5, 0.6) is 5.75 Å². The second-order valence-electron chi connectivity index (χ2n) is 7.63. The normalized spacial score (nSPS) is 32.6. The summed E-state index contributed by atoms with van der Waals surface area (Å²) in [4.78, 5) is 12.0. The molecular weight excluding hydrogens is 404 g/mol. The molecule has 136 valence electrons. The Morgan fingerprint density at radius 3 is 2.96 bits per heavy atom. The average molecular weight is 427 g/mol. The summed E-state index contributed by atoms with van der Waals surface area (Å²) in [5.41, 5.74) is 1.19. The van der Waals surface area contributed by atoms with Crippen molar-refractivity contribution >= 4 is 33.7 Å². The monoisotopic (exact) mass is 426 g/mol. The number of hydrogen-bond acceptors (Lipinski definition) is 5. The maximum Gasteiger partial charge on any atom is 0.337 e. The Morgan fingerprint density at radius 2 is 2.20 bits per heavy atom. The number of halogens is 1. The van der Waals surface area contributed by atoms with Gasteiger partial charge in [-0.25, -0.2) is 4.79 Å². The Balaban J connectivity index is 1.78. The third-order valence-electron chi connectivity index (χ3n) is 5.71. The molecule has 25 heavy (non-hydrogen) atoms. The van der Waals surface area contributed by atoms with Gasteiger partial charge in [0.25, 0.3) is 0 Å². The quantitative estimate of drug-likeness (QED) is 0.613. The summed E-state index contributed by atoms with van der Waals surface area (Å²) in [7, 11) is 1.40. The van der Waals surface area contributed by atoms with E-state index in [0.717, 1.165) is 34.4 Å². The molecule has 0 N–H and O–H groups in total.